The van der Waals surface area contributed by atoms with Crippen LogP contribution in [0.4, 0.5) is 0 Å². The number of carbonyl (C=O) groups excluding carboxylic acids is 1. The number of rotatable bonds is 2. The van der Waals surface area contributed by atoms with Gasteiger partial charge in [0.05, 0.1) is 36.9 Å². The first kappa shape index (κ1) is 33.1. The van der Waals surface area contributed by atoms with E-state index in [9.17, 15) is 20.1 Å². The molecule has 3 saturated heterocycles. The smallest absolute Gasteiger partial charge is 0.316 e. The average Bonchev–Trinajstić information content (AvgIpc) is 3.27. The molecule has 44 heavy (non-hydrogen) atoms. The van der Waals surface area contributed by atoms with Crippen LogP contribution in [0.15, 0.2) is 58.9 Å². The van der Waals surface area contributed by atoms with Gasteiger partial charge in [0.25, 0.3) is 0 Å². The Balaban J connectivity index is 1.52. The van der Waals surface area contributed by atoms with Crippen molar-refractivity contribution in [3.05, 3.63) is 58.9 Å². The van der Waals surface area contributed by atoms with Crippen LogP contribution >= 0.6 is 0 Å². The van der Waals surface area contributed by atoms with Crippen LogP contribution in [-0.2, 0) is 23.7 Å². The number of aliphatic hydroxyl groups is 3. The number of ether oxygens (including phenoxy) is 4. The lowest BCUT2D eigenvalue weighted by Crippen LogP contribution is -2.58. The highest BCUT2D eigenvalue weighted by Gasteiger charge is 2.61. The Morgan fingerprint density at radius 2 is 1.86 bits per heavy atom. The van der Waals surface area contributed by atoms with Gasteiger partial charge in [-0.15, -0.1) is 0 Å². The summed E-state index contributed by atoms with van der Waals surface area (Å²) >= 11 is 0. The average molecular weight is 613 g/mol. The van der Waals surface area contributed by atoms with E-state index in [0.717, 1.165) is 12.0 Å². The van der Waals surface area contributed by atoms with Crippen molar-refractivity contribution >= 4 is 5.97 Å². The van der Waals surface area contributed by atoms with Gasteiger partial charge in [-0.1, -0.05) is 63.6 Å². The van der Waals surface area contributed by atoms with Gasteiger partial charge in [0.1, 0.15) is 23.4 Å². The van der Waals surface area contributed by atoms with Crippen molar-refractivity contribution in [2.24, 2.45) is 29.6 Å². The molecule has 5 rings (SSSR count). The van der Waals surface area contributed by atoms with E-state index in [4.69, 9.17) is 18.9 Å². The van der Waals surface area contributed by atoms with Gasteiger partial charge < -0.3 is 34.3 Å². The maximum absolute atomic E-state index is 14.0. The van der Waals surface area contributed by atoms with E-state index in [-0.39, 0.29) is 49.3 Å². The summed E-state index contributed by atoms with van der Waals surface area (Å²) in [5, 5.41) is 34.4. The first-order valence-electron chi connectivity index (χ1n) is 16.4. The Morgan fingerprint density at radius 1 is 1.11 bits per heavy atom. The van der Waals surface area contributed by atoms with Gasteiger partial charge in [-0.3, -0.25) is 4.79 Å². The van der Waals surface area contributed by atoms with Gasteiger partial charge >= 0.3 is 5.97 Å². The molecule has 244 valence electrons. The number of esters is 1. The predicted octanol–water partition coefficient (Wildman–Crippen LogP) is 5.29. The van der Waals surface area contributed by atoms with E-state index in [1.54, 1.807) is 19.1 Å². The molecule has 4 aliphatic heterocycles. The topological polar surface area (TPSA) is 115 Å². The number of allylic oxidation sites excluding steroid dienone is 5. The molecule has 0 saturated carbocycles. The number of hydrogen-bond acceptors (Lipinski definition) is 8. The zero-order chi connectivity index (χ0) is 32.0. The standard InChI is InChI=1S/C36H52O8/c1-20(2)13-24(6)33-25(7)30(37)18-35(44-33)17-27-16-26(43-35)12-11-22(4)14-21(3)9-8-10-31-36(40)28(34(39)42-27)15-23(5)32(38)29(36)19-41-31/h8-11,13,15,20-21,25-30,32-33,37-38,40H,12,14,16-19H2,1-7H3. The van der Waals surface area contributed by atoms with Crippen molar-refractivity contribution in [2.75, 3.05) is 6.61 Å². The maximum atomic E-state index is 14.0. The summed E-state index contributed by atoms with van der Waals surface area (Å²) in [5.74, 6) is -2.76. The van der Waals surface area contributed by atoms with Crippen LogP contribution in [0.2, 0.25) is 0 Å². The van der Waals surface area contributed by atoms with Crippen LogP contribution in [0.3, 0.4) is 0 Å². The molecule has 8 nitrogen and oxygen atoms in total. The van der Waals surface area contributed by atoms with Crippen LogP contribution in [0.25, 0.3) is 0 Å². The van der Waals surface area contributed by atoms with Gasteiger partial charge in [-0.05, 0) is 62.7 Å². The minimum Gasteiger partial charge on any atom is -0.494 e. The molecule has 4 heterocycles. The lowest BCUT2D eigenvalue weighted by Gasteiger charge is -2.51. The van der Waals surface area contributed by atoms with Gasteiger partial charge in [0.15, 0.2) is 5.79 Å². The number of hydrogen-bond donors (Lipinski definition) is 3. The molecule has 0 radical (unpaired) electrons. The quantitative estimate of drug-likeness (QED) is 0.285. The van der Waals surface area contributed by atoms with Gasteiger partial charge in [0.2, 0.25) is 0 Å². The molecule has 11 unspecified atom stereocenters. The molecule has 5 aliphatic rings. The van der Waals surface area contributed by atoms with E-state index >= 15 is 0 Å². The second-order valence-corrected chi connectivity index (χ2v) is 14.4. The molecule has 11 atom stereocenters. The third-order valence-corrected chi connectivity index (χ3v) is 10.2. The fourth-order valence-electron chi connectivity index (χ4n) is 7.90. The van der Waals surface area contributed by atoms with E-state index < -0.39 is 47.5 Å². The monoisotopic (exact) mass is 612 g/mol. The second kappa shape index (κ2) is 12.9. The van der Waals surface area contributed by atoms with Crippen molar-refractivity contribution in [3.8, 4) is 0 Å². The summed E-state index contributed by atoms with van der Waals surface area (Å²) < 4.78 is 25.7. The minimum atomic E-state index is -1.74. The first-order chi connectivity index (χ1) is 20.7. The van der Waals surface area contributed by atoms with Crippen molar-refractivity contribution in [1.29, 1.82) is 0 Å². The van der Waals surface area contributed by atoms with Crippen molar-refractivity contribution in [1.82, 2.24) is 0 Å². The zero-order valence-corrected chi connectivity index (χ0v) is 27.4. The van der Waals surface area contributed by atoms with Crippen molar-refractivity contribution in [3.63, 3.8) is 0 Å². The van der Waals surface area contributed by atoms with E-state index in [0.29, 0.717) is 24.3 Å². The SMILES string of the molecule is CC1=CCC2CC(CC3(CC(O)C(C)C(C(C)=CC(C)C)O3)O2)OC(=O)C2C=C(C)C(O)C3COC(=CC=CC(C)C1)C23O. The molecule has 3 N–H and O–H groups in total. The minimum absolute atomic E-state index is 0.0979. The first-order valence-corrected chi connectivity index (χ1v) is 16.4. The molecular formula is C36H52O8. The van der Waals surface area contributed by atoms with Crippen molar-refractivity contribution in [2.45, 2.75) is 122 Å². The van der Waals surface area contributed by atoms with Crippen LogP contribution in [0, 0.1) is 29.6 Å². The largest absolute Gasteiger partial charge is 0.494 e. The summed E-state index contributed by atoms with van der Waals surface area (Å²) in [6, 6.07) is 0. The van der Waals surface area contributed by atoms with Gasteiger partial charge in [-0.2, -0.15) is 0 Å². The Kier molecular flexibility index (Phi) is 9.70. The van der Waals surface area contributed by atoms with Crippen molar-refractivity contribution < 1.29 is 39.1 Å². The molecule has 0 aromatic rings. The summed E-state index contributed by atoms with van der Waals surface area (Å²) in [5.41, 5.74) is 1.13. The third-order valence-electron chi connectivity index (χ3n) is 10.2. The van der Waals surface area contributed by atoms with E-state index in [1.807, 2.05) is 19.9 Å². The molecule has 8 heteroatoms. The zero-order valence-electron chi connectivity index (χ0n) is 27.4. The number of fused-ring (bicyclic) bond motifs is 2. The Morgan fingerprint density at radius 3 is 2.59 bits per heavy atom. The molecular weight excluding hydrogens is 560 g/mol. The molecule has 0 amide bonds. The summed E-state index contributed by atoms with van der Waals surface area (Å²) in [7, 11) is 0. The predicted molar refractivity (Wildman–Crippen MR) is 167 cm³/mol. The summed E-state index contributed by atoms with van der Waals surface area (Å²) in [4.78, 5) is 14.0. The number of aliphatic hydroxyl groups excluding tert-OH is 2. The Labute approximate surface area is 262 Å². The molecule has 0 aromatic heterocycles. The summed E-state index contributed by atoms with van der Waals surface area (Å²) in [6.45, 7) is 14.4. The lowest BCUT2D eigenvalue weighted by atomic mass is 9.68. The molecule has 1 aliphatic carbocycles. The Hall–Kier alpha value is -2.23. The fraction of sp³-hybridized carbons (Fsp3) is 0.694. The third kappa shape index (κ3) is 6.52. The van der Waals surface area contributed by atoms with Crippen LogP contribution < -0.4 is 0 Å². The highest BCUT2D eigenvalue weighted by molar-refractivity contribution is 5.78. The molecule has 3 fully saturated rings. The summed E-state index contributed by atoms with van der Waals surface area (Å²) in [6.07, 6.45) is 11.3. The fourth-order valence-corrected chi connectivity index (χ4v) is 7.90. The molecule has 2 bridgehead atoms. The van der Waals surface area contributed by atoms with E-state index in [1.165, 1.54) is 5.57 Å². The Bertz CT molecular complexity index is 1240. The normalized spacial score (nSPS) is 43.5. The highest BCUT2D eigenvalue weighted by atomic mass is 16.7. The second-order valence-electron chi connectivity index (χ2n) is 14.4. The molecule has 0 aromatic carbocycles. The van der Waals surface area contributed by atoms with Crippen LogP contribution in [0.5, 0.6) is 0 Å². The molecule has 1 spiro atoms. The van der Waals surface area contributed by atoms with Gasteiger partial charge in [0, 0.05) is 25.2 Å². The maximum Gasteiger partial charge on any atom is 0.316 e. The van der Waals surface area contributed by atoms with E-state index in [2.05, 4.69) is 45.9 Å². The lowest BCUT2D eigenvalue weighted by molar-refractivity contribution is -0.342. The van der Waals surface area contributed by atoms with Crippen LogP contribution in [-0.4, -0.2) is 69.8 Å². The highest BCUT2D eigenvalue weighted by Crippen LogP contribution is 2.49. The van der Waals surface area contributed by atoms with Crippen LogP contribution in [0.1, 0.15) is 80.6 Å². The number of carbonyl (C=O) groups is 1. The van der Waals surface area contributed by atoms with Gasteiger partial charge in [-0.25, -0.2) is 0 Å².